The van der Waals surface area contributed by atoms with E-state index in [0.717, 1.165) is 5.56 Å². The molecule has 0 aromatic heterocycles. The highest BCUT2D eigenvalue weighted by Gasteiger charge is 2.11. The molecule has 1 heterocycles. The van der Waals surface area contributed by atoms with Crippen molar-refractivity contribution in [1.82, 2.24) is 0 Å². The van der Waals surface area contributed by atoms with Crippen molar-refractivity contribution in [3.63, 3.8) is 0 Å². The highest BCUT2D eigenvalue weighted by molar-refractivity contribution is 5.16. The van der Waals surface area contributed by atoms with Crippen molar-refractivity contribution >= 4 is 0 Å². The zero-order valence-corrected chi connectivity index (χ0v) is 7.35. The van der Waals surface area contributed by atoms with Crippen LogP contribution in [0.1, 0.15) is 11.9 Å². The predicted octanol–water partition coefficient (Wildman–Crippen LogP) is 2.29. The van der Waals surface area contributed by atoms with Gasteiger partial charge in [0.15, 0.2) is 6.29 Å². The summed E-state index contributed by atoms with van der Waals surface area (Å²) in [5.41, 5.74) is 1.08. The molecule has 2 nitrogen and oxygen atoms in total. The van der Waals surface area contributed by atoms with E-state index in [9.17, 15) is 0 Å². The van der Waals surface area contributed by atoms with Crippen molar-refractivity contribution < 1.29 is 9.47 Å². The number of hydrogen-bond acceptors (Lipinski definition) is 2. The molecule has 68 valence electrons. The summed E-state index contributed by atoms with van der Waals surface area (Å²) in [6.07, 6.45) is 3.74. The van der Waals surface area contributed by atoms with Crippen LogP contribution in [0, 0.1) is 0 Å². The van der Waals surface area contributed by atoms with Crippen LogP contribution < -0.4 is 0 Å². The first-order valence-electron chi connectivity index (χ1n) is 4.40. The average Bonchev–Trinajstić information content (AvgIpc) is 2.47. The maximum Gasteiger partial charge on any atom is 0.184 e. The minimum Gasteiger partial charge on any atom is -0.344 e. The van der Waals surface area contributed by atoms with E-state index in [2.05, 4.69) is 0 Å². The van der Waals surface area contributed by atoms with Crippen LogP contribution in [-0.2, 0) is 9.47 Å². The Morgan fingerprint density at radius 1 is 0.923 bits per heavy atom. The van der Waals surface area contributed by atoms with E-state index < -0.39 is 0 Å². The Kier molecular flexibility index (Phi) is 2.75. The molecular weight excluding hydrogens is 164 g/mol. The summed E-state index contributed by atoms with van der Waals surface area (Å²) < 4.78 is 11.0. The second-order valence-corrected chi connectivity index (χ2v) is 2.88. The number of ether oxygens (including phenoxy) is 2. The first-order valence-corrected chi connectivity index (χ1v) is 4.40. The molecule has 0 saturated heterocycles. The molecule has 0 amide bonds. The van der Waals surface area contributed by atoms with Gasteiger partial charge in [0, 0.05) is 5.56 Å². The van der Waals surface area contributed by atoms with Gasteiger partial charge >= 0.3 is 0 Å². The minimum absolute atomic E-state index is 0.212. The van der Waals surface area contributed by atoms with E-state index in [1.807, 2.05) is 42.5 Å². The molecule has 1 aliphatic heterocycles. The molecule has 0 spiro atoms. The molecule has 1 aromatic carbocycles. The van der Waals surface area contributed by atoms with Gasteiger partial charge in [0.1, 0.15) is 0 Å². The molecule has 0 atom stereocenters. The van der Waals surface area contributed by atoms with Crippen LogP contribution in [0.3, 0.4) is 0 Å². The van der Waals surface area contributed by atoms with Crippen molar-refractivity contribution in [1.29, 1.82) is 0 Å². The third kappa shape index (κ3) is 2.17. The van der Waals surface area contributed by atoms with Gasteiger partial charge in [0.25, 0.3) is 0 Å². The molecule has 0 unspecified atom stereocenters. The molecular formula is C11H12O2. The lowest BCUT2D eigenvalue weighted by Crippen LogP contribution is -2.06. The highest BCUT2D eigenvalue weighted by atomic mass is 16.7. The van der Waals surface area contributed by atoms with Gasteiger partial charge in [-0.25, -0.2) is 0 Å². The zero-order valence-electron chi connectivity index (χ0n) is 7.35. The van der Waals surface area contributed by atoms with Crippen molar-refractivity contribution in [2.24, 2.45) is 0 Å². The summed E-state index contributed by atoms with van der Waals surface area (Å²) in [5.74, 6) is 0. The fourth-order valence-electron chi connectivity index (χ4n) is 1.27. The summed E-state index contributed by atoms with van der Waals surface area (Å²) in [5, 5.41) is 0. The van der Waals surface area contributed by atoms with E-state index in [4.69, 9.17) is 9.47 Å². The number of hydrogen-bond donors (Lipinski definition) is 0. The Balaban J connectivity index is 2.09. The maximum atomic E-state index is 5.48. The largest absolute Gasteiger partial charge is 0.344 e. The van der Waals surface area contributed by atoms with Crippen LogP contribution in [0.4, 0.5) is 0 Å². The minimum atomic E-state index is -0.212. The molecule has 13 heavy (non-hydrogen) atoms. The first-order chi connectivity index (χ1) is 6.47. The van der Waals surface area contributed by atoms with E-state index >= 15 is 0 Å². The summed E-state index contributed by atoms with van der Waals surface area (Å²) in [7, 11) is 0. The molecule has 2 heteroatoms. The Morgan fingerprint density at radius 2 is 1.54 bits per heavy atom. The Morgan fingerprint density at radius 3 is 2.15 bits per heavy atom. The lowest BCUT2D eigenvalue weighted by atomic mass is 10.2. The third-order valence-electron chi connectivity index (χ3n) is 1.93. The number of benzene rings is 1. The van der Waals surface area contributed by atoms with E-state index in [1.54, 1.807) is 0 Å². The predicted molar refractivity (Wildman–Crippen MR) is 50.2 cm³/mol. The van der Waals surface area contributed by atoms with Gasteiger partial charge in [-0.05, 0) is 0 Å². The quantitative estimate of drug-likeness (QED) is 0.611. The fraction of sp³-hybridized carbons (Fsp3) is 0.273. The third-order valence-corrected chi connectivity index (χ3v) is 1.93. The average molecular weight is 176 g/mol. The lowest BCUT2D eigenvalue weighted by Gasteiger charge is -2.15. The Hall–Kier alpha value is -1.12. The fourth-order valence-corrected chi connectivity index (χ4v) is 1.27. The van der Waals surface area contributed by atoms with Crippen LogP contribution in [0.2, 0.25) is 0 Å². The molecule has 0 saturated carbocycles. The molecule has 0 aliphatic carbocycles. The smallest absolute Gasteiger partial charge is 0.184 e. The maximum absolute atomic E-state index is 5.48. The van der Waals surface area contributed by atoms with Gasteiger partial charge in [-0.15, -0.1) is 0 Å². The molecule has 0 bridgehead atoms. The van der Waals surface area contributed by atoms with E-state index in [0.29, 0.717) is 13.2 Å². The molecule has 0 fully saturated rings. The van der Waals surface area contributed by atoms with Crippen molar-refractivity contribution in [3.8, 4) is 0 Å². The van der Waals surface area contributed by atoms with E-state index in [1.165, 1.54) is 0 Å². The Bertz CT molecular complexity index is 269. The zero-order chi connectivity index (χ0) is 8.93. The summed E-state index contributed by atoms with van der Waals surface area (Å²) in [6, 6.07) is 9.98. The van der Waals surface area contributed by atoms with Gasteiger partial charge in [0.05, 0.1) is 13.2 Å². The molecule has 1 aliphatic rings. The van der Waals surface area contributed by atoms with Gasteiger partial charge in [-0.2, -0.15) is 0 Å². The van der Waals surface area contributed by atoms with Crippen molar-refractivity contribution in [3.05, 3.63) is 48.0 Å². The van der Waals surface area contributed by atoms with Gasteiger partial charge in [-0.3, -0.25) is 0 Å². The molecule has 0 N–H and O–H groups in total. The van der Waals surface area contributed by atoms with Crippen LogP contribution in [0.25, 0.3) is 0 Å². The van der Waals surface area contributed by atoms with Crippen molar-refractivity contribution in [2.75, 3.05) is 13.2 Å². The van der Waals surface area contributed by atoms with Crippen LogP contribution in [-0.4, -0.2) is 13.2 Å². The first kappa shape index (κ1) is 8.48. The van der Waals surface area contributed by atoms with Crippen LogP contribution >= 0.6 is 0 Å². The SMILES string of the molecule is C1=CCOC(c2ccccc2)OC1. The monoisotopic (exact) mass is 176 g/mol. The summed E-state index contributed by atoms with van der Waals surface area (Å²) >= 11 is 0. The summed E-state index contributed by atoms with van der Waals surface area (Å²) in [4.78, 5) is 0. The van der Waals surface area contributed by atoms with Gasteiger partial charge in [-0.1, -0.05) is 42.5 Å². The normalized spacial score (nSPS) is 18.5. The van der Waals surface area contributed by atoms with Gasteiger partial charge in [0.2, 0.25) is 0 Å². The van der Waals surface area contributed by atoms with Crippen molar-refractivity contribution in [2.45, 2.75) is 6.29 Å². The van der Waals surface area contributed by atoms with Crippen LogP contribution in [0.5, 0.6) is 0 Å². The summed E-state index contributed by atoms with van der Waals surface area (Å²) in [6.45, 7) is 1.25. The van der Waals surface area contributed by atoms with Crippen LogP contribution in [0.15, 0.2) is 42.5 Å². The molecule has 2 rings (SSSR count). The Labute approximate surface area is 77.8 Å². The number of rotatable bonds is 1. The lowest BCUT2D eigenvalue weighted by molar-refractivity contribution is -0.125. The molecule has 0 radical (unpaired) electrons. The van der Waals surface area contributed by atoms with E-state index in [-0.39, 0.29) is 6.29 Å². The topological polar surface area (TPSA) is 18.5 Å². The standard InChI is InChI=1S/C11H12O2/c1-2-6-10(7-3-1)11-12-8-4-5-9-13-11/h1-7,11H,8-9H2. The highest BCUT2D eigenvalue weighted by Crippen LogP contribution is 2.19. The molecule has 1 aromatic rings. The second-order valence-electron chi connectivity index (χ2n) is 2.88. The second kappa shape index (κ2) is 4.21. The van der Waals surface area contributed by atoms with Gasteiger partial charge < -0.3 is 9.47 Å².